The van der Waals surface area contributed by atoms with Crippen LogP contribution in [-0.4, -0.2) is 11.5 Å². The molecule has 1 heterocycles. The zero-order valence-corrected chi connectivity index (χ0v) is 11.8. The molecule has 0 radical (unpaired) electrons. The normalized spacial score (nSPS) is 40.0. The molecule has 4 bridgehead atoms. The molecule has 4 fully saturated rings. The summed E-state index contributed by atoms with van der Waals surface area (Å²) in [5.41, 5.74) is 7.27. The zero-order chi connectivity index (χ0) is 13.0. The largest absolute Gasteiger partial charge is 0.446 e. The first-order chi connectivity index (χ1) is 9.18. The first kappa shape index (κ1) is 12.0. The molecule has 0 unspecified atom stereocenters. The van der Waals surface area contributed by atoms with Crippen molar-refractivity contribution in [2.45, 2.75) is 57.3 Å². The molecule has 0 aliphatic heterocycles. The molecule has 3 nitrogen and oxygen atoms in total. The highest BCUT2D eigenvalue weighted by molar-refractivity contribution is 5.26. The number of aryl methyl sites for hydroxylation is 1. The lowest BCUT2D eigenvalue weighted by molar-refractivity contribution is -0.00761. The van der Waals surface area contributed by atoms with Gasteiger partial charge in [0.2, 0.25) is 0 Å². The Morgan fingerprint density at radius 3 is 2.26 bits per heavy atom. The van der Waals surface area contributed by atoms with Crippen LogP contribution in [0.5, 0.6) is 0 Å². The molecule has 19 heavy (non-hydrogen) atoms. The smallest absolute Gasteiger partial charge is 0.195 e. The van der Waals surface area contributed by atoms with Crippen molar-refractivity contribution in [3.63, 3.8) is 0 Å². The number of rotatable bonds is 3. The van der Waals surface area contributed by atoms with E-state index in [1.807, 2.05) is 0 Å². The lowest BCUT2D eigenvalue weighted by Gasteiger charge is -2.56. The van der Waals surface area contributed by atoms with Gasteiger partial charge in [-0.2, -0.15) is 0 Å². The summed E-state index contributed by atoms with van der Waals surface area (Å²) in [7, 11) is 0. The predicted molar refractivity (Wildman–Crippen MR) is 73.8 cm³/mol. The molecule has 0 aromatic carbocycles. The van der Waals surface area contributed by atoms with Crippen molar-refractivity contribution in [3.8, 4) is 0 Å². The van der Waals surface area contributed by atoms with Gasteiger partial charge in [0, 0.05) is 18.4 Å². The quantitative estimate of drug-likeness (QED) is 0.909. The topological polar surface area (TPSA) is 52.0 Å². The van der Waals surface area contributed by atoms with Gasteiger partial charge in [0.25, 0.3) is 0 Å². The number of oxazole rings is 1. The van der Waals surface area contributed by atoms with Crippen molar-refractivity contribution in [2.24, 2.45) is 23.5 Å². The molecule has 4 saturated carbocycles. The minimum Gasteiger partial charge on any atom is -0.446 e. The van der Waals surface area contributed by atoms with Crippen LogP contribution in [0.25, 0.3) is 0 Å². The van der Waals surface area contributed by atoms with Gasteiger partial charge in [0.1, 0.15) is 5.76 Å². The Labute approximate surface area is 115 Å². The Hall–Kier alpha value is -0.830. The fourth-order valence-electron chi connectivity index (χ4n) is 5.57. The van der Waals surface area contributed by atoms with Crippen LogP contribution in [-0.2, 0) is 11.8 Å². The summed E-state index contributed by atoms with van der Waals surface area (Å²) in [4.78, 5) is 4.84. The third kappa shape index (κ3) is 1.78. The Morgan fingerprint density at radius 1 is 1.16 bits per heavy atom. The van der Waals surface area contributed by atoms with Crippen LogP contribution >= 0.6 is 0 Å². The Bertz CT molecular complexity index is 456. The van der Waals surface area contributed by atoms with Crippen molar-refractivity contribution in [1.29, 1.82) is 0 Å². The average Bonchev–Trinajstić information content (AvgIpc) is 2.70. The fourth-order valence-corrected chi connectivity index (χ4v) is 5.57. The highest BCUT2D eigenvalue weighted by Crippen LogP contribution is 2.60. The molecule has 4 aliphatic carbocycles. The number of nitrogens with zero attached hydrogens (tertiary/aromatic N) is 1. The van der Waals surface area contributed by atoms with Gasteiger partial charge in [0.05, 0.1) is 5.69 Å². The van der Waals surface area contributed by atoms with Crippen molar-refractivity contribution >= 4 is 0 Å². The van der Waals surface area contributed by atoms with Crippen LogP contribution < -0.4 is 5.73 Å². The minimum absolute atomic E-state index is 0.356. The maximum absolute atomic E-state index is 5.85. The minimum atomic E-state index is 0.356. The van der Waals surface area contributed by atoms with Crippen LogP contribution in [0.15, 0.2) is 4.42 Å². The van der Waals surface area contributed by atoms with Crippen LogP contribution in [0, 0.1) is 24.7 Å². The summed E-state index contributed by atoms with van der Waals surface area (Å²) < 4.78 is 5.85. The van der Waals surface area contributed by atoms with E-state index >= 15 is 0 Å². The number of nitrogens with two attached hydrogens (primary N) is 1. The number of hydrogen-bond acceptors (Lipinski definition) is 3. The molecule has 104 valence electrons. The molecule has 5 rings (SSSR count). The van der Waals surface area contributed by atoms with Crippen molar-refractivity contribution in [1.82, 2.24) is 4.98 Å². The van der Waals surface area contributed by atoms with E-state index < -0.39 is 0 Å². The van der Waals surface area contributed by atoms with Gasteiger partial charge in [-0.05, 0) is 63.2 Å². The SMILES string of the molecule is Cc1oc(CCN)nc1C12CC3CC(CC(C3)C1)C2. The zero-order valence-electron chi connectivity index (χ0n) is 11.8. The van der Waals surface area contributed by atoms with Gasteiger partial charge in [-0.25, -0.2) is 4.98 Å². The van der Waals surface area contributed by atoms with Crippen molar-refractivity contribution in [3.05, 3.63) is 17.3 Å². The second kappa shape index (κ2) is 4.08. The van der Waals surface area contributed by atoms with Crippen LogP contribution in [0.4, 0.5) is 0 Å². The summed E-state index contributed by atoms with van der Waals surface area (Å²) >= 11 is 0. The predicted octanol–water partition coefficient (Wildman–Crippen LogP) is 2.95. The molecule has 1 aromatic rings. The van der Waals surface area contributed by atoms with E-state index in [2.05, 4.69) is 6.92 Å². The summed E-state index contributed by atoms with van der Waals surface area (Å²) in [6, 6.07) is 0. The highest BCUT2D eigenvalue weighted by Gasteiger charge is 2.53. The molecule has 0 spiro atoms. The molecule has 2 N–H and O–H groups in total. The third-order valence-electron chi connectivity index (χ3n) is 5.74. The van der Waals surface area contributed by atoms with E-state index in [-0.39, 0.29) is 0 Å². The number of hydrogen-bond donors (Lipinski definition) is 1. The second-order valence-electron chi connectivity index (χ2n) is 7.25. The molecule has 0 atom stereocenters. The van der Waals surface area contributed by atoms with Crippen LogP contribution in [0.3, 0.4) is 0 Å². The van der Waals surface area contributed by atoms with Gasteiger partial charge in [-0.3, -0.25) is 0 Å². The lowest BCUT2D eigenvalue weighted by atomic mass is 9.48. The van der Waals surface area contributed by atoms with E-state index in [0.717, 1.165) is 35.8 Å². The third-order valence-corrected chi connectivity index (χ3v) is 5.74. The van der Waals surface area contributed by atoms with Gasteiger partial charge < -0.3 is 10.2 Å². The maximum Gasteiger partial charge on any atom is 0.195 e. The van der Waals surface area contributed by atoms with Gasteiger partial charge in [-0.15, -0.1) is 0 Å². The summed E-state index contributed by atoms with van der Waals surface area (Å²) in [5.74, 6) is 4.79. The monoisotopic (exact) mass is 260 g/mol. The van der Waals surface area contributed by atoms with E-state index in [1.54, 1.807) is 0 Å². The summed E-state index contributed by atoms with van der Waals surface area (Å²) in [6.45, 7) is 2.72. The number of aromatic nitrogens is 1. The molecular weight excluding hydrogens is 236 g/mol. The Balaban J connectivity index is 1.71. The first-order valence-corrected chi connectivity index (χ1v) is 7.85. The average molecular weight is 260 g/mol. The van der Waals surface area contributed by atoms with E-state index in [1.165, 1.54) is 44.2 Å². The van der Waals surface area contributed by atoms with Gasteiger partial charge in [0.15, 0.2) is 5.89 Å². The Morgan fingerprint density at radius 2 is 1.74 bits per heavy atom. The standard InChI is InChI=1S/C16H24N2O/c1-10-15(18-14(19-10)2-3-17)16-7-11-4-12(8-16)6-13(5-11)9-16/h11-13H,2-9,17H2,1H3. The van der Waals surface area contributed by atoms with Crippen LogP contribution in [0.1, 0.15) is 55.9 Å². The summed E-state index contributed by atoms with van der Waals surface area (Å²) in [5, 5.41) is 0. The van der Waals surface area contributed by atoms with E-state index in [9.17, 15) is 0 Å². The highest BCUT2D eigenvalue weighted by atomic mass is 16.4. The van der Waals surface area contributed by atoms with Crippen molar-refractivity contribution in [2.75, 3.05) is 6.54 Å². The van der Waals surface area contributed by atoms with E-state index in [4.69, 9.17) is 15.1 Å². The summed E-state index contributed by atoms with van der Waals surface area (Å²) in [6.07, 6.45) is 9.27. The first-order valence-electron chi connectivity index (χ1n) is 7.85. The molecule has 0 amide bonds. The van der Waals surface area contributed by atoms with E-state index in [0.29, 0.717) is 12.0 Å². The maximum atomic E-state index is 5.85. The Kier molecular flexibility index (Phi) is 2.57. The molecule has 4 aliphatic rings. The molecule has 1 aromatic heterocycles. The fraction of sp³-hybridized carbons (Fsp3) is 0.812. The van der Waals surface area contributed by atoms with Gasteiger partial charge in [-0.1, -0.05) is 0 Å². The van der Waals surface area contributed by atoms with Crippen molar-refractivity contribution < 1.29 is 4.42 Å². The molecule has 0 saturated heterocycles. The molecule has 3 heteroatoms. The lowest BCUT2D eigenvalue weighted by Crippen LogP contribution is -2.49. The van der Waals surface area contributed by atoms with Crippen LogP contribution in [0.2, 0.25) is 0 Å². The van der Waals surface area contributed by atoms with Gasteiger partial charge >= 0.3 is 0 Å². The second-order valence-corrected chi connectivity index (χ2v) is 7.25. The molecular formula is C16H24N2O.